The average molecular weight is 240 g/mol. The van der Waals surface area contributed by atoms with Gasteiger partial charge in [0.05, 0.1) is 6.54 Å². The Morgan fingerprint density at radius 3 is 2.82 bits per heavy atom. The van der Waals surface area contributed by atoms with Crippen molar-refractivity contribution >= 4 is 11.9 Å². The zero-order valence-corrected chi connectivity index (χ0v) is 10.2. The van der Waals surface area contributed by atoms with E-state index < -0.39 is 11.5 Å². The van der Waals surface area contributed by atoms with Crippen molar-refractivity contribution in [2.45, 2.75) is 31.7 Å². The van der Waals surface area contributed by atoms with Gasteiger partial charge in [-0.1, -0.05) is 6.08 Å². The molecular weight excluding hydrogens is 220 g/mol. The fourth-order valence-electron chi connectivity index (χ4n) is 2.09. The van der Waals surface area contributed by atoms with Gasteiger partial charge in [0.1, 0.15) is 5.54 Å². The molecule has 0 saturated carbocycles. The van der Waals surface area contributed by atoms with Crippen molar-refractivity contribution in [2.24, 2.45) is 0 Å². The quantitative estimate of drug-likeness (QED) is 0.691. The Morgan fingerprint density at radius 1 is 1.53 bits per heavy atom. The number of aliphatic carboxylic acids is 1. The minimum absolute atomic E-state index is 0.136. The summed E-state index contributed by atoms with van der Waals surface area (Å²) in [5, 5.41) is 11.9. The van der Waals surface area contributed by atoms with Gasteiger partial charge in [0.25, 0.3) is 0 Å². The van der Waals surface area contributed by atoms with Gasteiger partial charge in [0.15, 0.2) is 0 Å². The fourth-order valence-corrected chi connectivity index (χ4v) is 2.09. The molecule has 1 heterocycles. The zero-order chi connectivity index (χ0) is 12.9. The van der Waals surface area contributed by atoms with Gasteiger partial charge in [-0.05, 0) is 32.7 Å². The Bertz CT molecular complexity index is 317. The van der Waals surface area contributed by atoms with Crippen LogP contribution < -0.4 is 5.32 Å². The number of carboxylic acid groups (broad SMARTS) is 1. The molecule has 0 spiro atoms. The SMILES string of the molecule is C=CCNC(=O)CN1CCCCC1(C)C(=O)O. The summed E-state index contributed by atoms with van der Waals surface area (Å²) in [7, 11) is 0. The van der Waals surface area contributed by atoms with Gasteiger partial charge in [0, 0.05) is 6.54 Å². The lowest BCUT2D eigenvalue weighted by Crippen LogP contribution is -2.57. The van der Waals surface area contributed by atoms with E-state index in [9.17, 15) is 14.7 Å². The first kappa shape index (κ1) is 13.7. The molecule has 1 unspecified atom stereocenters. The number of amides is 1. The molecule has 5 heteroatoms. The maximum Gasteiger partial charge on any atom is 0.323 e. The molecule has 96 valence electrons. The number of carbonyl (C=O) groups excluding carboxylic acids is 1. The van der Waals surface area contributed by atoms with Crippen molar-refractivity contribution in [2.75, 3.05) is 19.6 Å². The fraction of sp³-hybridized carbons (Fsp3) is 0.667. The Balaban J connectivity index is 2.63. The predicted octanol–water partition coefficient (Wildman–Crippen LogP) is 0.618. The third-order valence-corrected chi connectivity index (χ3v) is 3.28. The van der Waals surface area contributed by atoms with E-state index in [0.29, 0.717) is 19.5 Å². The first-order valence-corrected chi connectivity index (χ1v) is 5.87. The van der Waals surface area contributed by atoms with Crippen LogP contribution in [0.2, 0.25) is 0 Å². The number of hydrogen-bond acceptors (Lipinski definition) is 3. The molecule has 0 aliphatic carbocycles. The lowest BCUT2D eigenvalue weighted by Gasteiger charge is -2.41. The minimum Gasteiger partial charge on any atom is -0.480 e. The highest BCUT2D eigenvalue weighted by Crippen LogP contribution is 2.27. The highest BCUT2D eigenvalue weighted by molar-refractivity contribution is 5.82. The first-order chi connectivity index (χ1) is 8.00. The predicted molar refractivity (Wildman–Crippen MR) is 64.7 cm³/mol. The summed E-state index contributed by atoms with van der Waals surface area (Å²) < 4.78 is 0. The first-order valence-electron chi connectivity index (χ1n) is 5.87. The number of rotatable bonds is 5. The maximum absolute atomic E-state index is 11.6. The van der Waals surface area contributed by atoms with Crippen LogP contribution in [0.5, 0.6) is 0 Å². The molecule has 1 amide bonds. The van der Waals surface area contributed by atoms with Crippen LogP contribution in [0.25, 0.3) is 0 Å². The highest BCUT2D eigenvalue weighted by Gasteiger charge is 2.41. The molecule has 0 radical (unpaired) electrons. The van der Waals surface area contributed by atoms with Crippen LogP contribution in [-0.2, 0) is 9.59 Å². The van der Waals surface area contributed by atoms with E-state index in [1.54, 1.807) is 17.9 Å². The Labute approximate surface area is 101 Å². The third-order valence-electron chi connectivity index (χ3n) is 3.28. The lowest BCUT2D eigenvalue weighted by atomic mass is 9.88. The second-order valence-electron chi connectivity index (χ2n) is 4.55. The molecule has 0 bridgehead atoms. The van der Waals surface area contributed by atoms with Crippen molar-refractivity contribution in [3.63, 3.8) is 0 Å². The highest BCUT2D eigenvalue weighted by atomic mass is 16.4. The summed E-state index contributed by atoms with van der Waals surface area (Å²) >= 11 is 0. The van der Waals surface area contributed by atoms with E-state index in [4.69, 9.17) is 0 Å². The van der Waals surface area contributed by atoms with Crippen LogP contribution in [0.1, 0.15) is 26.2 Å². The van der Waals surface area contributed by atoms with Crippen molar-refractivity contribution in [1.82, 2.24) is 10.2 Å². The number of likely N-dealkylation sites (tertiary alicyclic amines) is 1. The molecule has 0 aromatic carbocycles. The van der Waals surface area contributed by atoms with E-state index in [1.807, 2.05) is 0 Å². The molecule has 17 heavy (non-hydrogen) atoms. The molecule has 2 N–H and O–H groups in total. The summed E-state index contributed by atoms with van der Waals surface area (Å²) in [5.41, 5.74) is -0.913. The van der Waals surface area contributed by atoms with Gasteiger partial charge in [-0.15, -0.1) is 6.58 Å². The molecule has 5 nitrogen and oxygen atoms in total. The van der Waals surface area contributed by atoms with E-state index >= 15 is 0 Å². The molecular formula is C12H20N2O3. The van der Waals surface area contributed by atoms with E-state index in [2.05, 4.69) is 11.9 Å². The Morgan fingerprint density at radius 2 is 2.24 bits per heavy atom. The van der Waals surface area contributed by atoms with Crippen LogP contribution in [0.15, 0.2) is 12.7 Å². The zero-order valence-electron chi connectivity index (χ0n) is 10.2. The third kappa shape index (κ3) is 3.30. The topological polar surface area (TPSA) is 69.6 Å². The number of nitrogens with zero attached hydrogens (tertiary/aromatic N) is 1. The maximum atomic E-state index is 11.6. The Kier molecular flexibility index (Phi) is 4.69. The van der Waals surface area contributed by atoms with Crippen LogP contribution in [0.4, 0.5) is 0 Å². The standard InChI is InChI=1S/C12H20N2O3/c1-3-7-13-10(15)9-14-8-5-4-6-12(14,2)11(16)17/h3H,1,4-9H2,2H3,(H,13,15)(H,16,17). The van der Waals surface area contributed by atoms with Crippen LogP contribution in [-0.4, -0.2) is 47.1 Å². The molecule has 1 atom stereocenters. The Hall–Kier alpha value is -1.36. The van der Waals surface area contributed by atoms with Gasteiger partial charge >= 0.3 is 5.97 Å². The molecule has 0 aromatic heterocycles. The number of piperidine rings is 1. The van der Waals surface area contributed by atoms with Gasteiger partial charge in [0.2, 0.25) is 5.91 Å². The molecule has 1 saturated heterocycles. The lowest BCUT2D eigenvalue weighted by molar-refractivity contribution is -0.153. The second-order valence-corrected chi connectivity index (χ2v) is 4.55. The number of carbonyl (C=O) groups is 2. The van der Waals surface area contributed by atoms with Gasteiger partial charge < -0.3 is 10.4 Å². The molecule has 0 aromatic rings. The molecule has 1 aliphatic heterocycles. The molecule has 1 rings (SSSR count). The monoisotopic (exact) mass is 240 g/mol. The summed E-state index contributed by atoms with van der Waals surface area (Å²) in [5.74, 6) is -1.01. The summed E-state index contributed by atoms with van der Waals surface area (Å²) in [4.78, 5) is 24.6. The van der Waals surface area contributed by atoms with Crippen LogP contribution >= 0.6 is 0 Å². The van der Waals surface area contributed by atoms with Crippen molar-refractivity contribution in [1.29, 1.82) is 0 Å². The van der Waals surface area contributed by atoms with Gasteiger partial charge in [-0.25, -0.2) is 0 Å². The number of hydrogen-bond donors (Lipinski definition) is 2. The number of carboxylic acids is 1. The average Bonchev–Trinajstić information content (AvgIpc) is 2.29. The summed E-state index contributed by atoms with van der Waals surface area (Å²) in [6, 6.07) is 0. The van der Waals surface area contributed by atoms with E-state index in [0.717, 1.165) is 12.8 Å². The van der Waals surface area contributed by atoms with Crippen molar-refractivity contribution in [3.05, 3.63) is 12.7 Å². The molecule has 1 fully saturated rings. The van der Waals surface area contributed by atoms with Crippen molar-refractivity contribution < 1.29 is 14.7 Å². The minimum atomic E-state index is -0.913. The van der Waals surface area contributed by atoms with E-state index in [1.165, 1.54) is 0 Å². The largest absolute Gasteiger partial charge is 0.480 e. The van der Waals surface area contributed by atoms with E-state index in [-0.39, 0.29) is 12.5 Å². The van der Waals surface area contributed by atoms with Gasteiger partial charge in [-0.3, -0.25) is 14.5 Å². The van der Waals surface area contributed by atoms with Gasteiger partial charge in [-0.2, -0.15) is 0 Å². The molecule has 1 aliphatic rings. The number of nitrogens with one attached hydrogen (secondary N) is 1. The van der Waals surface area contributed by atoms with Crippen LogP contribution in [0.3, 0.4) is 0 Å². The van der Waals surface area contributed by atoms with Crippen LogP contribution in [0, 0.1) is 0 Å². The summed E-state index contributed by atoms with van der Waals surface area (Å²) in [6.45, 7) is 6.41. The summed E-state index contributed by atoms with van der Waals surface area (Å²) in [6.07, 6.45) is 4.03. The second kappa shape index (κ2) is 5.82. The normalized spacial score (nSPS) is 25.2. The smallest absolute Gasteiger partial charge is 0.323 e. The van der Waals surface area contributed by atoms with Crippen molar-refractivity contribution in [3.8, 4) is 0 Å².